The van der Waals surface area contributed by atoms with Crippen molar-refractivity contribution in [1.82, 2.24) is 9.88 Å². The molecule has 0 atom stereocenters. The van der Waals surface area contributed by atoms with E-state index in [0.29, 0.717) is 17.7 Å². The van der Waals surface area contributed by atoms with E-state index in [9.17, 15) is 9.59 Å². The molecule has 5 heteroatoms. The van der Waals surface area contributed by atoms with Crippen LogP contribution < -0.4 is 5.32 Å². The molecule has 0 bridgehead atoms. The number of ether oxygens (including phenoxy) is 1. The van der Waals surface area contributed by atoms with Gasteiger partial charge in [-0.3, -0.25) is 4.79 Å². The molecular weight excluding hydrogens is 280 g/mol. The van der Waals surface area contributed by atoms with Crippen LogP contribution in [-0.2, 0) is 16.1 Å². The molecule has 0 spiro atoms. The van der Waals surface area contributed by atoms with E-state index in [1.54, 1.807) is 13.0 Å². The van der Waals surface area contributed by atoms with Crippen LogP contribution in [0.5, 0.6) is 0 Å². The van der Waals surface area contributed by atoms with Gasteiger partial charge in [-0.25, -0.2) is 4.79 Å². The molecule has 0 unspecified atom stereocenters. The fourth-order valence-electron chi connectivity index (χ4n) is 2.40. The number of rotatable bonds is 6. The van der Waals surface area contributed by atoms with Gasteiger partial charge in [0.1, 0.15) is 0 Å². The standard InChI is InChI=1S/C17H22N2O3/c1-6-11-18-15(20)10-9-14-12(4)19(7-2)13(5)16(14)17(21)22-8-3/h1,9-10H,7-8,11H2,2-5H3,(H,18,20)/b10-9+. The van der Waals surface area contributed by atoms with Gasteiger partial charge in [0.2, 0.25) is 5.91 Å². The summed E-state index contributed by atoms with van der Waals surface area (Å²) in [5, 5.41) is 2.55. The first-order chi connectivity index (χ1) is 10.5. The number of aromatic nitrogens is 1. The van der Waals surface area contributed by atoms with Crippen LogP contribution in [0.25, 0.3) is 6.08 Å². The van der Waals surface area contributed by atoms with E-state index in [1.165, 1.54) is 6.08 Å². The topological polar surface area (TPSA) is 60.3 Å². The number of terminal acetylenes is 1. The normalized spacial score (nSPS) is 10.5. The fourth-order valence-corrected chi connectivity index (χ4v) is 2.40. The third-order valence-electron chi connectivity index (χ3n) is 3.39. The zero-order valence-corrected chi connectivity index (χ0v) is 13.5. The highest BCUT2D eigenvalue weighted by Gasteiger charge is 2.22. The van der Waals surface area contributed by atoms with Gasteiger partial charge in [-0.2, -0.15) is 0 Å². The van der Waals surface area contributed by atoms with Crippen LogP contribution in [0.15, 0.2) is 6.08 Å². The summed E-state index contributed by atoms with van der Waals surface area (Å²) in [6, 6.07) is 0. The third-order valence-corrected chi connectivity index (χ3v) is 3.39. The largest absolute Gasteiger partial charge is 0.462 e. The maximum absolute atomic E-state index is 12.2. The molecule has 1 N–H and O–H groups in total. The van der Waals surface area contributed by atoms with E-state index in [0.717, 1.165) is 17.9 Å². The average Bonchev–Trinajstić information content (AvgIpc) is 2.73. The van der Waals surface area contributed by atoms with Crippen LogP contribution in [-0.4, -0.2) is 29.6 Å². The lowest BCUT2D eigenvalue weighted by Gasteiger charge is -2.05. The summed E-state index contributed by atoms with van der Waals surface area (Å²) < 4.78 is 7.14. The molecule has 1 amide bonds. The molecule has 5 nitrogen and oxygen atoms in total. The van der Waals surface area contributed by atoms with Crippen molar-refractivity contribution >= 4 is 18.0 Å². The summed E-state index contributed by atoms with van der Waals surface area (Å²) in [5.41, 5.74) is 2.96. The summed E-state index contributed by atoms with van der Waals surface area (Å²) in [7, 11) is 0. The first-order valence-electron chi connectivity index (χ1n) is 7.24. The van der Waals surface area contributed by atoms with E-state index < -0.39 is 0 Å². The lowest BCUT2D eigenvalue weighted by atomic mass is 10.1. The molecule has 0 aromatic carbocycles. The first-order valence-corrected chi connectivity index (χ1v) is 7.24. The first kappa shape index (κ1) is 17.6. The van der Waals surface area contributed by atoms with E-state index in [2.05, 4.69) is 11.2 Å². The molecule has 1 heterocycles. The molecule has 0 aliphatic carbocycles. The van der Waals surface area contributed by atoms with Crippen molar-refractivity contribution in [1.29, 1.82) is 0 Å². The third kappa shape index (κ3) is 3.79. The Labute approximate surface area is 131 Å². The Morgan fingerprint density at radius 1 is 1.32 bits per heavy atom. The molecule has 0 fully saturated rings. The Kier molecular flexibility index (Phi) is 6.46. The fraction of sp³-hybridized carbons (Fsp3) is 0.412. The highest BCUT2D eigenvalue weighted by Crippen LogP contribution is 2.24. The van der Waals surface area contributed by atoms with Crippen LogP contribution >= 0.6 is 0 Å². The smallest absolute Gasteiger partial charge is 0.340 e. The lowest BCUT2D eigenvalue weighted by Crippen LogP contribution is -2.20. The zero-order valence-electron chi connectivity index (χ0n) is 13.5. The summed E-state index contributed by atoms with van der Waals surface area (Å²) in [4.78, 5) is 23.8. The molecule has 1 aromatic heterocycles. The Bertz CT molecular complexity index is 633. The van der Waals surface area contributed by atoms with Crippen molar-refractivity contribution < 1.29 is 14.3 Å². The molecule has 0 radical (unpaired) electrons. The quantitative estimate of drug-likeness (QED) is 0.497. The van der Waals surface area contributed by atoms with Crippen LogP contribution in [0.2, 0.25) is 0 Å². The van der Waals surface area contributed by atoms with Crippen molar-refractivity contribution in [2.24, 2.45) is 0 Å². The van der Waals surface area contributed by atoms with Crippen LogP contribution in [0.3, 0.4) is 0 Å². The minimum atomic E-state index is -0.376. The molecule has 0 aliphatic heterocycles. The number of hydrogen-bond acceptors (Lipinski definition) is 3. The Hall–Kier alpha value is -2.48. The molecule has 0 saturated heterocycles. The van der Waals surface area contributed by atoms with Crippen molar-refractivity contribution in [2.75, 3.05) is 13.2 Å². The predicted octanol–water partition coefficient (Wildman–Crippen LogP) is 2.06. The van der Waals surface area contributed by atoms with E-state index in [4.69, 9.17) is 11.2 Å². The highest BCUT2D eigenvalue weighted by atomic mass is 16.5. The van der Waals surface area contributed by atoms with Gasteiger partial charge >= 0.3 is 5.97 Å². The number of nitrogens with zero attached hydrogens (tertiary/aromatic N) is 1. The number of carbonyl (C=O) groups excluding carboxylic acids is 2. The minimum Gasteiger partial charge on any atom is -0.462 e. The van der Waals surface area contributed by atoms with E-state index >= 15 is 0 Å². The summed E-state index contributed by atoms with van der Waals surface area (Å²) in [6.07, 6.45) is 8.10. The Balaban J connectivity index is 3.22. The van der Waals surface area contributed by atoms with E-state index in [-0.39, 0.29) is 18.4 Å². The SMILES string of the molecule is C#CCNC(=O)/C=C/c1c(C(=O)OCC)c(C)n(CC)c1C. The summed E-state index contributed by atoms with van der Waals surface area (Å²) >= 11 is 0. The monoisotopic (exact) mass is 302 g/mol. The minimum absolute atomic E-state index is 0.169. The highest BCUT2D eigenvalue weighted by molar-refractivity contribution is 5.98. The predicted molar refractivity (Wildman–Crippen MR) is 86.4 cm³/mol. The number of esters is 1. The average molecular weight is 302 g/mol. The van der Waals surface area contributed by atoms with Gasteiger partial charge in [0.25, 0.3) is 0 Å². The summed E-state index contributed by atoms with van der Waals surface area (Å²) in [6.45, 7) is 8.77. The molecular formula is C17H22N2O3. The molecule has 0 saturated carbocycles. The Morgan fingerprint density at radius 3 is 2.55 bits per heavy atom. The van der Waals surface area contributed by atoms with Crippen molar-refractivity contribution in [2.45, 2.75) is 34.2 Å². The second-order valence-corrected chi connectivity index (χ2v) is 4.68. The maximum atomic E-state index is 12.2. The van der Waals surface area contributed by atoms with Crippen LogP contribution in [0, 0.1) is 26.2 Å². The van der Waals surface area contributed by atoms with Gasteiger partial charge in [-0.1, -0.05) is 5.92 Å². The number of amides is 1. The van der Waals surface area contributed by atoms with Crippen molar-refractivity contribution in [3.8, 4) is 12.3 Å². The molecule has 118 valence electrons. The van der Waals surface area contributed by atoms with Crippen LogP contribution in [0.1, 0.15) is 41.2 Å². The van der Waals surface area contributed by atoms with Gasteiger partial charge in [-0.15, -0.1) is 6.42 Å². The van der Waals surface area contributed by atoms with Crippen molar-refractivity contribution in [3.05, 3.63) is 28.6 Å². The number of hydrogen-bond donors (Lipinski definition) is 1. The molecule has 0 aliphatic rings. The van der Waals surface area contributed by atoms with Gasteiger partial charge in [0.05, 0.1) is 18.7 Å². The number of nitrogens with one attached hydrogen (secondary N) is 1. The van der Waals surface area contributed by atoms with Crippen molar-refractivity contribution in [3.63, 3.8) is 0 Å². The molecule has 1 rings (SSSR count). The van der Waals surface area contributed by atoms with Gasteiger partial charge in [0, 0.05) is 29.6 Å². The second kappa shape index (κ2) is 8.08. The lowest BCUT2D eigenvalue weighted by molar-refractivity contribution is -0.116. The van der Waals surface area contributed by atoms with Crippen LogP contribution in [0.4, 0.5) is 0 Å². The molecule has 22 heavy (non-hydrogen) atoms. The second-order valence-electron chi connectivity index (χ2n) is 4.68. The maximum Gasteiger partial charge on any atom is 0.340 e. The zero-order chi connectivity index (χ0) is 16.7. The number of carbonyl (C=O) groups is 2. The van der Waals surface area contributed by atoms with E-state index in [1.807, 2.05) is 25.3 Å². The van der Waals surface area contributed by atoms with Gasteiger partial charge in [0.15, 0.2) is 0 Å². The molecule has 1 aromatic rings. The Morgan fingerprint density at radius 2 is 2.00 bits per heavy atom. The van der Waals surface area contributed by atoms with Gasteiger partial charge < -0.3 is 14.6 Å². The van der Waals surface area contributed by atoms with Gasteiger partial charge in [-0.05, 0) is 33.8 Å². The summed E-state index contributed by atoms with van der Waals surface area (Å²) in [5.74, 6) is 1.66.